The lowest BCUT2D eigenvalue weighted by Gasteiger charge is -2.26. The molecule has 3 rings (SSSR count). The molecule has 0 aliphatic carbocycles. The number of hydrogen-bond donors (Lipinski definition) is 1. The number of ketones is 1. The number of methoxy groups -OCH3 is 1. The molecule has 1 saturated heterocycles. The van der Waals surface area contributed by atoms with Crippen molar-refractivity contribution >= 4 is 17.4 Å². The second-order valence-electron chi connectivity index (χ2n) is 8.77. The van der Waals surface area contributed by atoms with Gasteiger partial charge in [-0.05, 0) is 58.1 Å². The summed E-state index contributed by atoms with van der Waals surface area (Å²) in [5.74, 6) is -0.360. The third-order valence-electron chi connectivity index (χ3n) is 5.83. The molecule has 0 aromatic heterocycles. The highest BCUT2D eigenvalue weighted by Gasteiger charge is 2.46. The van der Waals surface area contributed by atoms with Crippen molar-refractivity contribution in [2.75, 3.05) is 40.9 Å². The maximum atomic E-state index is 13.2. The fourth-order valence-corrected chi connectivity index (χ4v) is 4.07. The Hall–Kier alpha value is -3.32. The summed E-state index contributed by atoms with van der Waals surface area (Å²) in [6.07, 6.45) is 1.55. The molecule has 1 fully saturated rings. The smallest absolute Gasteiger partial charge is 0.295 e. The Bertz CT molecular complexity index is 1060. The molecule has 1 atom stereocenters. The molecule has 1 aliphatic heterocycles. The third kappa shape index (κ3) is 5.42. The molecule has 1 unspecified atom stereocenters. The van der Waals surface area contributed by atoms with Gasteiger partial charge in [-0.3, -0.25) is 9.59 Å². The second-order valence-corrected chi connectivity index (χ2v) is 8.77. The van der Waals surface area contributed by atoms with Crippen LogP contribution in [0.4, 0.5) is 0 Å². The number of rotatable bonds is 10. The van der Waals surface area contributed by atoms with E-state index in [1.54, 1.807) is 36.3 Å². The molecule has 0 bridgehead atoms. The van der Waals surface area contributed by atoms with Crippen LogP contribution < -0.4 is 9.47 Å². The topological polar surface area (TPSA) is 79.3 Å². The Labute approximate surface area is 201 Å². The highest BCUT2D eigenvalue weighted by Crippen LogP contribution is 2.42. The predicted molar refractivity (Wildman–Crippen MR) is 132 cm³/mol. The van der Waals surface area contributed by atoms with E-state index >= 15 is 0 Å². The monoisotopic (exact) mass is 466 g/mol. The molecule has 1 heterocycles. The Morgan fingerprint density at radius 1 is 1.09 bits per heavy atom. The van der Waals surface area contributed by atoms with Gasteiger partial charge in [0.2, 0.25) is 0 Å². The Kier molecular flexibility index (Phi) is 8.34. The van der Waals surface area contributed by atoms with Crippen LogP contribution in [-0.4, -0.2) is 67.5 Å². The minimum Gasteiger partial charge on any atom is -0.507 e. The van der Waals surface area contributed by atoms with E-state index in [0.717, 1.165) is 18.5 Å². The summed E-state index contributed by atoms with van der Waals surface area (Å²) in [7, 11) is 5.48. The molecule has 0 saturated carbocycles. The number of carbonyl (C=O) groups is 2. The highest BCUT2D eigenvalue weighted by atomic mass is 16.5. The zero-order valence-electron chi connectivity index (χ0n) is 20.6. The SMILES string of the molecule is CCCOc1ccc(C2/C(=C(/O)c3ccc(C)cc3)C(=O)C(=O)N2CCCN(C)C)cc1OC. The van der Waals surface area contributed by atoms with E-state index in [-0.39, 0.29) is 11.3 Å². The lowest BCUT2D eigenvalue weighted by molar-refractivity contribution is -0.139. The summed E-state index contributed by atoms with van der Waals surface area (Å²) in [6.45, 7) is 5.66. The number of aliphatic hydroxyl groups is 1. The first kappa shape index (κ1) is 25.3. The van der Waals surface area contributed by atoms with Crippen molar-refractivity contribution in [3.8, 4) is 11.5 Å². The van der Waals surface area contributed by atoms with Gasteiger partial charge in [0.1, 0.15) is 5.76 Å². The van der Waals surface area contributed by atoms with Crippen LogP contribution in [0.5, 0.6) is 11.5 Å². The van der Waals surface area contributed by atoms with E-state index in [1.807, 2.05) is 51.0 Å². The average molecular weight is 467 g/mol. The number of nitrogens with zero attached hydrogens (tertiary/aromatic N) is 2. The van der Waals surface area contributed by atoms with Gasteiger partial charge in [0.25, 0.3) is 11.7 Å². The van der Waals surface area contributed by atoms with Crippen molar-refractivity contribution in [1.82, 2.24) is 9.80 Å². The number of benzene rings is 2. The van der Waals surface area contributed by atoms with Gasteiger partial charge < -0.3 is 24.4 Å². The Morgan fingerprint density at radius 2 is 1.79 bits per heavy atom. The van der Waals surface area contributed by atoms with Crippen LogP contribution in [-0.2, 0) is 9.59 Å². The normalized spacial score (nSPS) is 17.5. The van der Waals surface area contributed by atoms with Gasteiger partial charge in [0.05, 0.1) is 25.3 Å². The van der Waals surface area contributed by atoms with Crippen LogP contribution >= 0.6 is 0 Å². The first-order valence-corrected chi connectivity index (χ1v) is 11.6. The van der Waals surface area contributed by atoms with Gasteiger partial charge >= 0.3 is 0 Å². The van der Waals surface area contributed by atoms with Crippen molar-refractivity contribution in [2.45, 2.75) is 32.7 Å². The quantitative estimate of drug-likeness (QED) is 0.322. The molecular formula is C27H34N2O5. The highest BCUT2D eigenvalue weighted by molar-refractivity contribution is 6.46. The van der Waals surface area contributed by atoms with Gasteiger partial charge in [-0.15, -0.1) is 0 Å². The van der Waals surface area contributed by atoms with Crippen molar-refractivity contribution in [2.24, 2.45) is 0 Å². The van der Waals surface area contributed by atoms with Crippen LogP contribution in [0.3, 0.4) is 0 Å². The molecule has 34 heavy (non-hydrogen) atoms. The number of Topliss-reactive ketones (excluding diaryl/α,β-unsaturated/α-hetero) is 1. The summed E-state index contributed by atoms with van der Waals surface area (Å²) in [5.41, 5.74) is 2.29. The number of carbonyl (C=O) groups excluding carboxylic acids is 2. The number of likely N-dealkylation sites (tertiary alicyclic amines) is 1. The maximum absolute atomic E-state index is 13.2. The fraction of sp³-hybridized carbons (Fsp3) is 0.407. The first-order chi connectivity index (χ1) is 16.3. The van der Waals surface area contributed by atoms with Gasteiger partial charge in [0.15, 0.2) is 11.5 Å². The molecule has 1 amide bonds. The van der Waals surface area contributed by atoms with Crippen LogP contribution in [0.1, 0.15) is 42.5 Å². The number of aliphatic hydroxyl groups excluding tert-OH is 1. The van der Waals surface area contributed by atoms with E-state index < -0.39 is 17.7 Å². The van der Waals surface area contributed by atoms with Crippen molar-refractivity contribution in [3.05, 3.63) is 64.7 Å². The van der Waals surface area contributed by atoms with E-state index in [2.05, 4.69) is 0 Å². The summed E-state index contributed by atoms with van der Waals surface area (Å²) in [4.78, 5) is 29.8. The molecule has 2 aromatic carbocycles. The van der Waals surface area contributed by atoms with Gasteiger partial charge in [-0.25, -0.2) is 0 Å². The number of amides is 1. The summed E-state index contributed by atoms with van der Waals surface area (Å²) >= 11 is 0. The van der Waals surface area contributed by atoms with Crippen molar-refractivity contribution in [3.63, 3.8) is 0 Å². The molecule has 1 N–H and O–H groups in total. The average Bonchev–Trinajstić information content (AvgIpc) is 3.07. The van der Waals surface area contributed by atoms with Crippen molar-refractivity contribution < 1.29 is 24.2 Å². The fourth-order valence-electron chi connectivity index (χ4n) is 4.07. The van der Waals surface area contributed by atoms with Crippen molar-refractivity contribution in [1.29, 1.82) is 0 Å². The third-order valence-corrected chi connectivity index (χ3v) is 5.83. The number of aryl methyl sites for hydroxylation is 1. The standard InChI is InChI=1S/C27H34N2O5/c1-6-16-34-21-13-12-20(17-22(21)33-5)24-23(25(30)19-10-8-18(2)9-11-19)26(31)27(32)29(24)15-7-14-28(3)4/h8-13,17,24,30H,6-7,14-16H2,1-5H3/b25-23-. The molecule has 1 aliphatic rings. The largest absolute Gasteiger partial charge is 0.507 e. The maximum Gasteiger partial charge on any atom is 0.295 e. The minimum atomic E-state index is -0.724. The van der Waals surface area contributed by atoms with Gasteiger partial charge in [0, 0.05) is 12.1 Å². The van der Waals surface area contributed by atoms with Crippen LogP contribution in [0.15, 0.2) is 48.0 Å². The summed E-state index contributed by atoms with van der Waals surface area (Å²) < 4.78 is 11.3. The molecular weight excluding hydrogens is 432 g/mol. The van der Waals surface area contributed by atoms with E-state index in [1.165, 1.54) is 0 Å². The molecule has 182 valence electrons. The molecule has 2 aromatic rings. The number of hydrogen-bond acceptors (Lipinski definition) is 6. The van der Waals surface area contributed by atoms with Crippen LogP contribution in [0, 0.1) is 6.92 Å². The number of ether oxygens (including phenoxy) is 2. The van der Waals surface area contributed by atoms with Crippen LogP contribution in [0.25, 0.3) is 5.76 Å². The zero-order chi connectivity index (χ0) is 24.8. The van der Waals surface area contributed by atoms with E-state index in [4.69, 9.17) is 9.47 Å². The first-order valence-electron chi connectivity index (χ1n) is 11.6. The lowest BCUT2D eigenvalue weighted by Crippen LogP contribution is -2.32. The molecule has 7 nitrogen and oxygen atoms in total. The lowest BCUT2D eigenvalue weighted by atomic mass is 9.94. The molecule has 7 heteroatoms. The zero-order valence-corrected chi connectivity index (χ0v) is 20.6. The molecule has 0 radical (unpaired) electrons. The van der Waals surface area contributed by atoms with Crippen LogP contribution in [0.2, 0.25) is 0 Å². The van der Waals surface area contributed by atoms with E-state index in [9.17, 15) is 14.7 Å². The minimum absolute atomic E-state index is 0.0861. The Morgan fingerprint density at radius 3 is 2.41 bits per heavy atom. The summed E-state index contributed by atoms with van der Waals surface area (Å²) in [5, 5.41) is 11.2. The Balaban J connectivity index is 2.10. The van der Waals surface area contributed by atoms with Gasteiger partial charge in [-0.2, -0.15) is 0 Å². The second kappa shape index (κ2) is 11.2. The molecule has 0 spiro atoms. The predicted octanol–water partition coefficient (Wildman–Crippen LogP) is 4.17. The summed E-state index contributed by atoms with van der Waals surface area (Å²) in [6, 6.07) is 11.9. The van der Waals surface area contributed by atoms with Gasteiger partial charge in [-0.1, -0.05) is 42.8 Å². The van der Waals surface area contributed by atoms with E-state index in [0.29, 0.717) is 42.2 Å².